The van der Waals surface area contributed by atoms with Crippen molar-refractivity contribution >= 4 is 11.2 Å². The molecule has 2 aromatic rings. The van der Waals surface area contributed by atoms with E-state index >= 15 is 0 Å². The third-order valence-electron chi connectivity index (χ3n) is 2.66. The number of imidazole rings is 1. The first-order chi connectivity index (χ1) is 6.70. The van der Waals surface area contributed by atoms with E-state index in [0.29, 0.717) is 5.92 Å². The number of aromatic amines is 1. The number of aromatic nitrogens is 3. The Hall–Kier alpha value is -1.38. The fourth-order valence-corrected chi connectivity index (χ4v) is 1.54. The van der Waals surface area contributed by atoms with Crippen molar-refractivity contribution < 1.29 is 1.43 Å². The normalized spacial score (nSPS) is 13.4. The van der Waals surface area contributed by atoms with Crippen LogP contribution in [0.5, 0.6) is 0 Å². The summed E-state index contributed by atoms with van der Waals surface area (Å²) >= 11 is 0. The van der Waals surface area contributed by atoms with Gasteiger partial charge in [0.15, 0.2) is 5.65 Å². The van der Waals surface area contributed by atoms with Crippen LogP contribution in [0, 0.1) is 6.92 Å². The molecule has 0 fully saturated rings. The molecule has 0 bridgehead atoms. The maximum Gasteiger partial charge on any atom is 0.177 e. The number of nitrogens with one attached hydrogen (secondary N) is 1. The van der Waals surface area contributed by atoms with Crippen LogP contribution >= 0.6 is 0 Å². The van der Waals surface area contributed by atoms with Gasteiger partial charge in [-0.05, 0) is 30.9 Å². The molecule has 0 radical (unpaired) electrons. The van der Waals surface area contributed by atoms with Gasteiger partial charge in [0.05, 0.1) is 5.52 Å². The average molecular weight is 191 g/mol. The van der Waals surface area contributed by atoms with Gasteiger partial charge in [-0.15, -0.1) is 0 Å². The molecule has 0 saturated heterocycles. The third kappa shape index (κ3) is 1.50. The minimum absolute atomic E-state index is 0. The highest BCUT2D eigenvalue weighted by molar-refractivity contribution is 5.71. The van der Waals surface area contributed by atoms with Crippen molar-refractivity contribution in [2.75, 3.05) is 0 Å². The molecule has 2 heterocycles. The number of hydrogen-bond acceptors (Lipinski definition) is 2. The molecule has 3 nitrogen and oxygen atoms in total. The molecule has 0 aliphatic rings. The van der Waals surface area contributed by atoms with Crippen LogP contribution in [0.2, 0.25) is 0 Å². The summed E-state index contributed by atoms with van der Waals surface area (Å²) < 4.78 is 0. The largest absolute Gasteiger partial charge is 0.341 e. The van der Waals surface area contributed by atoms with Gasteiger partial charge in [-0.3, -0.25) is 0 Å². The number of pyridine rings is 1. The standard InChI is InChI=1S/C11H15N3.H2/c1-4-7(2)9-5-10-11(12-6-9)14-8(3)13-10;/h5-7H,4H2,1-3H3,(H,12,13,14);1H. The van der Waals surface area contributed by atoms with Crippen LogP contribution in [0.25, 0.3) is 11.2 Å². The molecule has 0 aliphatic carbocycles. The van der Waals surface area contributed by atoms with E-state index in [9.17, 15) is 0 Å². The fraction of sp³-hybridized carbons (Fsp3) is 0.455. The van der Waals surface area contributed by atoms with E-state index in [1.807, 2.05) is 13.1 Å². The SMILES string of the molecule is CCC(C)c1cnc2nc(C)[nH]c2c1.[HH]. The quantitative estimate of drug-likeness (QED) is 0.792. The van der Waals surface area contributed by atoms with Gasteiger partial charge < -0.3 is 4.98 Å². The summed E-state index contributed by atoms with van der Waals surface area (Å²) in [6, 6.07) is 2.15. The molecule has 14 heavy (non-hydrogen) atoms. The van der Waals surface area contributed by atoms with Crippen molar-refractivity contribution in [1.82, 2.24) is 15.0 Å². The van der Waals surface area contributed by atoms with Crippen molar-refractivity contribution in [3.63, 3.8) is 0 Å². The monoisotopic (exact) mass is 191 g/mol. The summed E-state index contributed by atoms with van der Waals surface area (Å²) in [6.07, 6.45) is 3.07. The lowest BCUT2D eigenvalue weighted by Gasteiger charge is -2.06. The number of rotatable bonds is 2. The van der Waals surface area contributed by atoms with Crippen LogP contribution < -0.4 is 0 Å². The van der Waals surface area contributed by atoms with Gasteiger partial charge in [0.25, 0.3) is 0 Å². The summed E-state index contributed by atoms with van der Waals surface area (Å²) in [5, 5.41) is 0. The summed E-state index contributed by atoms with van der Waals surface area (Å²) in [4.78, 5) is 11.8. The van der Waals surface area contributed by atoms with Crippen LogP contribution in [-0.2, 0) is 0 Å². The first kappa shape index (κ1) is 9.19. The molecule has 0 aromatic carbocycles. The maximum absolute atomic E-state index is 4.33. The first-order valence-corrected chi connectivity index (χ1v) is 5.03. The minimum atomic E-state index is 0. The Kier molecular flexibility index (Phi) is 2.23. The van der Waals surface area contributed by atoms with E-state index in [1.54, 1.807) is 0 Å². The van der Waals surface area contributed by atoms with Gasteiger partial charge in [0.2, 0.25) is 0 Å². The van der Waals surface area contributed by atoms with Gasteiger partial charge in [0.1, 0.15) is 5.82 Å². The van der Waals surface area contributed by atoms with Gasteiger partial charge in [-0.2, -0.15) is 0 Å². The smallest absolute Gasteiger partial charge is 0.177 e. The predicted octanol–water partition coefficient (Wildman–Crippen LogP) is 3.03. The highest BCUT2D eigenvalue weighted by atomic mass is 15.0. The van der Waals surface area contributed by atoms with Crippen molar-refractivity contribution in [3.8, 4) is 0 Å². The van der Waals surface area contributed by atoms with Crippen LogP contribution in [-0.4, -0.2) is 15.0 Å². The van der Waals surface area contributed by atoms with E-state index in [1.165, 1.54) is 5.56 Å². The molecule has 0 spiro atoms. The highest BCUT2D eigenvalue weighted by Gasteiger charge is 2.06. The number of H-pyrrole nitrogens is 1. The second-order valence-electron chi connectivity index (χ2n) is 3.77. The van der Waals surface area contributed by atoms with Crippen LogP contribution in [0.3, 0.4) is 0 Å². The molecule has 76 valence electrons. The fourth-order valence-electron chi connectivity index (χ4n) is 1.54. The summed E-state index contributed by atoms with van der Waals surface area (Å²) in [6.45, 7) is 6.35. The molecule has 2 aromatic heterocycles. The van der Waals surface area contributed by atoms with Crippen LogP contribution in [0.1, 0.15) is 39.0 Å². The number of fused-ring (bicyclic) bond motifs is 1. The molecular formula is C11H17N3. The minimum Gasteiger partial charge on any atom is -0.341 e. The molecule has 1 atom stereocenters. The van der Waals surface area contributed by atoms with Crippen molar-refractivity contribution in [2.45, 2.75) is 33.1 Å². The Morgan fingerprint density at radius 3 is 3.07 bits per heavy atom. The zero-order valence-corrected chi connectivity index (χ0v) is 8.83. The topological polar surface area (TPSA) is 41.6 Å². The lowest BCUT2D eigenvalue weighted by Crippen LogP contribution is -1.92. The zero-order valence-electron chi connectivity index (χ0n) is 8.83. The second-order valence-corrected chi connectivity index (χ2v) is 3.77. The molecule has 0 saturated carbocycles. The summed E-state index contributed by atoms with van der Waals surface area (Å²) in [5.74, 6) is 1.49. The summed E-state index contributed by atoms with van der Waals surface area (Å²) in [7, 11) is 0. The van der Waals surface area contributed by atoms with Crippen molar-refractivity contribution in [2.24, 2.45) is 0 Å². The van der Waals surface area contributed by atoms with E-state index in [4.69, 9.17) is 0 Å². The molecule has 1 N–H and O–H groups in total. The Bertz CT molecular complexity index is 450. The van der Waals surface area contributed by atoms with E-state index in [0.717, 1.165) is 23.4 Å². The maximum atomic E-state index is 4.33. The average Bonchev–Trinajstić information content (AvgIpc) is 2.55. The van der Waals surface area contributed by atoms with Gasteiger partial charge in [0, 0.05) is 7.62 Å². The molecule has 1 unspecified atom stereocenters. The van der Waals surface area contributed by atoms with Crippen LogP contribution in [0.15, 0.2) is 12.3 Å². The Morgan fingerprint density at radius 2 is 2.36 bits per heavy atom. The van der Waals surface area contributed by atoms with E-state index in [2.05, 4.69) is 34.9 Å². The van der Waals surface area contributed by atoms with Gasteiger partial charge in [-0.1, -0.05) is 13.8 Å². The highest BCUT2D eigenvalue weighted by Crippen LogP contribution is 2.20. The Balaban J connectivity index is 0.00000112. The predicted molar refractivity (Wildman–Crippen MR) is 59.4 cm³/mol. The Labute approximate surface area is 85.1 Å². The van der Waals surface area contributed by atoms with Crippen molar-refractivity contribution in [1.29, 1.82) is 0 Å². The zero-order chi connectivity index (χ0) is 10.1. The van der Waals surface area contributed by atoms with Gasteiger partial charge in [-0.25, -0.2) is 9.97 Å². The number of nitrogens with zero attached hydrogens (tertiary/aromatic N) is 2. The summed E-state index contributed by atoms with van der Waals surface area (Å²) in [5.41, 5.74) is 3.14. The van der Waals surface area contributed by atoms with Gasteiger partial charge >= 0.3 is 0 Å². The third-order valence-corrected chi connectivity index (χ3v) is 2.66. The lowest BCUT2D eigenvalue weighted by molar-refractivity contribution is 0.731. The van der Waals surface area contributed by atoms with Crippen LogP contribution in [0.4, 0.5) is 0 Å². The molecule has 0 aliphatic heterocycles. The number of aryl methyl sites for hydroxylation is 1. The molecular weight excluding hydrogens is 174 g/mol. The molecule has 3 heteroatoms. The second kappa shape index (κ2) is 3.40. The van der Waals surface area contributed by atoms with E-state index < -0.39 is 0 Å². The van der Waals surface area contributed by atoms with Crippen molar-refractivity contribution in [3.05, 3.63) is 23.7 Å². The number of hydrogen-bond donors (Lipinski definition) is 1. The molecule has 0 amide bonds. The Morgan fingerprint density at radius 1 is 1.57 bits per heavy atom. The molecule has 2 rings (SSSR count). The lowest BCUT2D eigenvalue weighted by atomic mass is 10.0. The van der Waals surface area contributed by atoms with E-state index in [-0.39, 0.29) is 1.43 Å². The first-order valence-electron chi connectivity index (χ1n) is 5.03.